The van der Waals surface area contributed by atoms with Gasteiger partial charge in [-0.3, -0.25) is 25.5 Å². The molecule has 1 fully saturated rings. The molecule has 0 atom stereocenters. The molecule has 32 heavy (non-hydrogen) atoms. The maximum Gasteiger partial charge on any atom is 0.228 e. The number of amides is 1. The standard InChI is InChI=1S/C24H28N6O2/c25-29-23-4-3-18(11-19(23)12-24(32)28-21-2-1-7-26-15-21)20-10-17(13-27-14-20)16-30-8-5-22(31)6-9-30/h1-4,7,10-11,13-15,22,29,31H,5-6,8-9,12,16,25H2,(H,28,32). The zero-order valence-electron chi connectivity index (χ0n) is 17.9. The third-order valence-corrected chi connectivity index (χ3v) is 5.65. The summed E-state index contributed by atoms with van der Waals surface area (Å²) in [7, 11) is 0. The Balaban J connectivity index is 1.49. The number of aromatic nitrogens is 2. The summed E-state index contributed by atoms with van der Waals surface area (Å²) in [6.45, 7) is 2.58. The van der Waals surface area contributed by atoms with Gasteiger partial charge in [-0.2, -0.15) is 0 Å². The van der Waals surface area contributed by atoms with Crippen molar-refractivity contribution in [3.05, 3.63) is 72.3 Å². The molecule has 4 rings (SSSR count). The molecule has 3 heterocycles. The molecule has 8 nitrogen and oxygen atoms in total. The van der Waals surface area contributed by atoms with E-state index in [1.807, 2.05) is 30.6 Å². The van der Waals surface area contributed by atoms with Crippen molar-refractivity contribution in [3.8, 4) is 11.1 Å². The summed E-state index contributed by atoms with van der Waals surface area (Å²) in [5, 5.41) is 12.6. The van der Waals surface area contributed by atoms with E-state index in [2.05, 4.69) is 31.7 Å². The van der Waals surface area contributed by atoms with Crippen LogP contribution in [0.5, 0.6) is 0 Å². The van der Waals surface area contributed by atoms with E-state index in [-0.39, 0.29) is 18.4 Å². The molecule has 0 radical (unpaired) electrons. The molecular weight excluding hydrogens is 404 g/mol. The Morgan fingerprint density at radius 3 is 2.69 bits per heavy atom. The highest BCUT2D eigenvalue weighted by Gasteiger charge is 2.17. The Hall–Kier alpha value is -3.33. The summed E-state index contributed by atoms with van der Waals surface area (Å²) < 4.78 is 0. The number of pyridine rings is 2. The molecule has 166 valence electrons. The Morgan fingerprint density at radius 1 is 1.09 bits per heavy atom. The van der Waals surface area contributed by atoms with E-state index in [1.165, 1.54) is 0 Å². The van der Waals surface area contributed by atoms with Gasteiger partial charge in [-0.1, -0.05) is 6.07 Å². The highest BCUT2D eigenvalue weighted by atomic mass is 16.3. The Morgan fingerprint density at radius 2 is 1.94 bits per heavy atom. The second kappa shape index (κ2) is 10.3. The molecule has 1 aliphatic heterocycles. The molecule has 1 aromatic carbocycles. The van der Waals surface area contributed by atoms with Gasteiger partial charge >= 0.3 is 0 Å². The lowest BCUT2D eigenvalue weighted by molar-refractivity contribution is -0.115. The minimum absolute atomic E-state index is 0.147. The molecular formula is C24H28N6O2. The molecule has 8 heteroatoms. The summed E-state index contributed by atoms with van der Waals surface area (Å²) in [5.74, 6) is 5.53. The number of hydrazine groups is 1. The lowest BCUT2D eigenvalue weighted by Gasteiger charge is -2.29. The number of nitrogens with two attached hydrogens (primary N) is 1. The van der Waals surface area contributed by atoms with Crippen LogP contribution in [0.2, 0.25) is 0 Å². The monoisotopic (exact) mass is 432 g/mol. The van der Waals surface area contributed by atoms with Gasteiger partial charge in [-0.25, -0.2) is 0 Å². The van der Waals surface area contributed by atoms with Crippen molar-refractivity contribution >= 4 is 17.3 Å². The van der Waals surface area contributed by atoms with Crippen LogP contribution in [0.25, 0.3) is 11.1 Å². The number of nitrogen functional groups attached to an aromatic ring is 1. The van der Waals surface area contributed by atoms with Crippen molar-refractivity contribution < 1.29 is 9.90 Å². The third-order valence-electron chi connectivity index (χ3n) is 5.65. The molecule has 0 unspecified atom stereocenters. The van der Waals surface area contributed by atoms with E-state index in [1.54, 1.807) is 24.5 Å². The van der Waals surface area contributed by atoms with E-state index < -0.39 is 0 Å². The largest absolute Gasteiger partial charge is 0.393 e. The van der Waals surface area contributed by atoms with Crippen LogP contribution in [0.3, 0.4) is 0 Å². The normalized spacial score (nSPS) is 14.8. The molecule has 5 N–H and O–H groups in total. The van der Waals surface area contributed by atoms with Gasteiger partial charge < -0.3 is 15.8 Å². The number of anilines is 2. The second-order valence-electron chi connectivity index (χ2n) is 8.07. The van der Waals surface area contributed by atoms with Crippen molar-refractivity contribution in [2.45, 2.75) is 31.9 Å². The Labute approximate surface area is 187 Å². The van der Waals surface area contributed by atoms with Gasteiger partial charge in [0.1, 0.15) is 0 Å². The zero-order valence-corrected chi connectivity index (χ0v) is 17.9. The van der Waals surface area contributed by atoms with Crippen LogP contribution in [0.4, 0.5) is 11.4 Å². The quantitative estimate of drug-likeness (QED) is 0.335. The van der Waals surface area contributed by atoms with Crippen LogP contribution in [-0.2, 0) is 17.8 Å². The van der Waals surface area contributed by atoms with Crippen molar-refractivity contribution in [1.29, 1.82) is 0 Å². The van der Waals surface area contributed by atoms with Crippen molar-refractivity contribution in [2.75, 3.05) is 23.8 Å². The van der Waals surface area contributed by atoms with Crippen LogP contribution >= 0.6 is 0 Å². The molecule has 3 aromatic rings. The Bertz CT molecular complexity index is 1050. The summed E-state index contributed by atoms with van der Waals surface area (Å²) in [6.07, 6.45) is 8.59. The number of hydrogen-bond donors (Lipinski definition) is 4. The van der Waals surface area contributed by atoms with E-state index in [0.717, 1.165) is 54.7 Å². The van der Waals surface area contributed by atoms with Crippen LogP contribution < -0.4 is 16.6 Å². The molecule has 1 aliphatic rings. The van der Waals surface area contributed by atoms with E-state index in [9.17, 15) is 9.90 Å². The topological polar surface area (TPSA) is 116 Å². The van der Waals surface area contributed by atoms with Crippen molar-refractivity contribution in [3.63, 3.8) is 0 Å². The Kier molecular flexibility index (Phi) is 7.06. The first-order valence-corrected chi connectivity index (χ1v) is 10.7. The summed E-state index contributed by atoms with van der Waals surface area (Å²) in [5.41, 5.74) is 7.90. The van der Waals surface area contributed by atoms with Gasteiger partial charge in [0, 0.05) is 43.8 Å². The number of nitrogens with one attached hydrogen (secondary N) is 2. The highest BCUT2D eigenvalue weighted by molar-refractivity contribution is 5.93. The van der Waals surface area contributed by atoms with Crippen molar-refractivity contribution in [2.24, 2.45) is 5.84 Å². The fourth-order valence-electron chi connectivity index (χ4n) is 3.94. The third kappa shape index (κ3) is 5.67. The first-order chi connectivity index (χ1) is 15.6. The fourth-order valence-corrected chi connectivity index (χ4v) is 3.94. The minimum Gasteiger partial charge on any atom is -0.393 e. The number of benzene rings is 1. The van der Waals surface area contributed by atoms with Crippen LogP contribution in [0.1, 0.15) is 24.0 Å². The summed E-state index contributed by atoms with van der Waals surface area (Å²) >= 11 is 0. The van der Waals surface area contributed by atoms with E-state index in [4.69, 9.17) is 5.84 Å². The summed E-state index contributed by atoms with van der Waals surface area (Å²) in [4.78, 5) is 23.3. The van der Waals surface area contributed by atoms with Gasteiger partial charge in [0.05, 0.1) is 30.1 Å². The van der Waals surface area contributed by atoms with Crippen LogP contribution in [0, 0.1) is 0 Å². The average Bonchev–Trinajstić information content (AvgIpc) is 2.81. The number of aliphatic hydroxyl groups excluding tert-OH is 1. The summed E-state index contributed by atoms with van der Waals surface area (Å²) in [6, 6.07) is 11.5. The molecule has 0 saturated carbocycles. The lowest BCUT2D eigenvalue weighted by Crippen LogP contribution is -2.35. The van der Waals surface area contributed by atoms with E-state index >= 15 is 0 Å². The number of carbonyl (C=O) groups excluding carboxylic acids is 1. The van der Waals surface area contributed by atoms with Crippen molar-refractivity contribution in [1.82, 2.24) is 14.9 Å². The molecule has 0 aliphatic carbocycles. The smallest absolute Gasteiger partial charge is 0.228 e. The fraction of sp³-hybridized carbons (Fsp3) is 0.292. The first-order valence-electron chi connectivity index (χ1n) is 10.7. The van der Waals surface area contributed by atoms with Gasteiger partial charge in [-0.05, 0) is 59.9 Å². The number of likely N-dealkylation sites (tertiary alicyclic amines) is 1. The molecule has 1 amide bonds. The van der Waals surface area contributed by atoms with E-state index in [0.29, 0.717) is 11.4 Å². The number of rotatable bonds is 7. The van der Waals surface area contributed by atoms with Crippen LogP contribution in [0.15, 0.2) is 61.2 Å². The predicted molar refractivity (Wildman–Crippen MR) is 125 cm³/mol. The zero-order chi connectivity index (χ0) is 22.3. The van der Waals surface area contributed by atoms with Gasteiger partial charge in [0.25, 0.3) is 0 Å². The molecule has 1 saturated heterocycles. The second-order valence-corrected chi connectivity index (χ2v) is 8.07. The maximum atomic E-state index is 12.6. The number of carbonyl (C=O) groups is 1. The molecule has 0 spiro atoms. The van der Waals surface area contributed by atoms with Crippen LogP contribution in [-0.4, -0.2) is 45.1 Å². The number of aliphatic hydroxyl groups is 1. The van der Waals surface area contributed by atoms with Gasteiger partial charge in [-0.15, -0.1) is 0 Å². The SMILES string of the molecule is NNc1ccc(-c2cncc(CN3CCC(O)CC3)c2)cc1CC(=O)Nc1cccnc1. The van der Waals surface area contributed by atoms with Gasteiger partial charge in [0.2, 0.25) is 5.91 Å². The first kappa shape index (κ1) is 21.9. The number of nitrogens with zero attached hydrogens (tertiary/aromatic N) is 3. The highest BCUT2D eigenvalue weighted by Crippen LogP contribution is 2.26. The number of piperidine rings is 1. The maximum absolute atomic E-state index is 12.6. The lowest BCUT2D eigenvalue weighted by atomic mass is 10.00. The van der Waals surface area contributed by atoms with Gasteiger partial charge in [0.15, 0.2) is 0 Å². The number of hydrogen-bond acceptors (Lipinski definition) is 7. The molecule has 2 aromatic heterocycles. The average molecular weight is 433 g/mol. The molecule has 0 bridgehead atoms. The predicted octanol–water partition coefficient (Wildman–Crippen LogP) is 2.57. The minimum atomic E-state index is -0.181.